The van der Waals surface area contributed by atoms with Gasteiger partial charge in [-0.15, -0.1) is 0 Å². The Morgan fingerprint density at radius 1 is 1.35 bits per heavy atom. The highest BCUT2D eigenvalue weighted by Gasteiger charge is 2.31. The van der Waals surface area contributed by atoms with Gasteiger partial charge in [0.25, 0.3) is 0 Å². The molecule has 6 nitrogen and oxygen atoms in total. The molecule has 0 unspecified atom stereocenters. The fourth-order valence-corrected chi connectivity index (χ4v) is 4.74. The first kappa shape index (κ1) is 20.8. The van der Waals surface area contributed by atoms with Crippen LogP contribution in [0.1, 0.15) is 39.0 Å². The second kappa shape index (κ2) is 8.95. The van der Waals surface area contributed by atoms with Gasteiger partial charge in [-0.1, -0.05) is 30.9 Å². The van der Waals surface area contributed by atoms with Gasteiger partial charge in [-0.25, -0.2) is 8.42 Å². The van der Waals surface area contributed by atoms with Gasteiger partial charge in [-0.05, 0) is 43.9 Å². The molecule has 8 heteroatoms. The molecule has 0 saturated heterocycles. The molecule has 146 valence electrons. The van der Waals surface area contributed by atoms with Crippen LogP contribution < -0.4 is 14.4 Å². The Morgan fingerprint density at radius 2 is 2.00 bits per heavy atom. The van der Waals surface area contributed by atoms with E-state index in [0.717, 1.165) is 23.4 Å². The lowest BCUT2D eigenvalue weighted by Gasteiger charge is -2.30. The van der Waals surface area contributed by atoms with Crippen molar-refractivity contribution in [3.05, 3.63) is 23.2 Å². The largest absolute Gasteiger partial charge is 0.495 e. The lowest BCUT2D eigenvalue weighted by Crippen LogP contribution is -2.49. The third-order valence-corrected chi connectivity index (χ3v) is 6.22. The molecule has 2 rings (SSSR count). The maximum absolute atomic E-state index is 12.6. The molecular weight excluding hydrogens is 376 g/mol. The summed E-state index contributed by atoms with van der Waals surface area (Å²) >= 11 is 6.04. The van der Waals surface area contributed by atoms with E-state index in [4.69, 9.17) is 16.3 Å². The van der Waals surface area contributed by atoms with Crippen LogP contribution in [0.4, 0.5) is 5.69 Å². The van der Waals surface area contributed by atoms with Crippen LogP contribution >= 0.6 is 11.6 Å². The monoisotopic (exact) mass is 402 g/mol. The average molecular weight is 403 g/mol. The van der Waals surface area contributed by atoms with Gasteiger partial charge < -0.3 is 10.1 Å². The van der Waals surface area contributed by atoms with Gasteiger partial charge in [0.05, 0.1) is 19.1 Å². The molecule has 1 N–H and O–H groups in total. The maximum Gasteiger partial charge on any atom is 0.243 e. The van der Waals surface area contributed by atoms with Crippen molar-refractivity contribution in [2.45, 2.75) is 45.1 Å². The third-order valence-electron chi connectivity index (χ3n) is 4.76. The molecule has 0 spiro atoms. The Kier molecular flexibility index (Phi) is 7.17. The number of hydrogen-bond donors (Lipinski definition) is 1. The van der Waals surface area contributed by atoms with E-state index in [2.05, 4.69) is 5.32 Å². The van der Waals surface area contributed by atoms with Crippen LogP contribution in [-0.2, 0) is 14.8 Å². The molecule has 0 aromatic heterocycles. The summed E-state index contributed by atoms with van der Waals surface area (Å²) in [5, 5.41) is 3.27. The van der Waals surface area contributed by atoms with Crippen LogP contribution in [0.15, 0.2) is 18.2 Å². The smallest absolute Gasteiger partial charge is 0.243 e. The van der Waals surface area contributed by atoms with Crippen molar-refractivity contribution in [1.82, 2.24) is 5.32 Å². The lowest BCUT2D eigenvalue weighted by molar-refractivity contribution is -0.122. The number of amides is 1. The number of hydrogen-bond acceptors (Lipinski definition) is 4. The van der Waals surface area contributed by atoms with E-state index < -0.39 is 16.1 Å². The number of ether oxygens (including phenoxy) is 1. The van der Waals surface area contributed by atoms with E-state index in [1.807, 2.05) is 0 Å². The standard InChI is InChI=1S/C18H27ClN2O4S/c1-13(18(22)20-12-14-7-5-4-6-8-14)21(26(3,23)24)16-11-15(19)9-10-17(16)25-2/h9-11,13-14H,4-8,12H2,1-3H3,(H,20,22)/t13-/m1/s1. The quantitative estimate of drug-likeness (QED) is 0.759. The Morgan fingerprint density at radius 3 is 2.58 bits per heavy atom. The number of anilines is 1. The number of halogens is 1. The predicted molar refractivity (Wildman–Crippen MR) is 104 cm³/mol. The summed E-state index contributed by atoms with van der Waals surface area (Å²) in [7, 11) is -2.28. The van der Waals surface area contributed by atoms with Gasteiger partial charge in [0, 0.05) is 11.6 Å². The van der Waals surface area contributed by atoms with Crippen molar-refractivity contribution >= 4 is 33.2 Å². The molecule has 1 atom stereocenters. The van der Waals surface area contributed by atoms with Crippen LogP contribution in [-0.4, -0.2) is 40.3 Å². The number of nitrogens with one attached hydrogen (secondary N) is 1. The lowest BCUT2D eigenvalue weighted by atomic mass is 9.89. The summed E-state index contributed by atoms with van der Waals surface area (Å²) in [5.41, 5.74) is 0.253. The minimum Gasteiger partial charge on any atom is -0.495 e. The molecule has 1 aromatic rings. The highest BCUT2D eigenvalue weighted by molar-refractivity contribution is 7.92. The van der Waals surface area contributed by atoms with Crippen LogP contribution in [0.25, 0.3) is 0 Å². The van der Waals surface area contributed by atoms with Crippen molar-refractivity contribution in [2.24, 2.45) is 5.92 Å². The van der Waals surface area contributed by atoms with Gasteiger partial charge in [0.1, 0.15) is 11.8 Å². The van der Waals surface area contributed by atoms with Gasteiger partial charge >= 0.3 is 0 Å². The Bertz CT molecular complexity index is 733. The molecule has 0 radical (unpaired) electrons. The predicted octanol–water partition coefficient (Wildman–Crippen LogP) is 3.20. The van der Waals surface area contributed by atoms with E-state index in [1.165, 1.54) is 32.4 Å². The Hall–Kier alpha value is -1.47. The Labute approximate surface area is 160 Å². The van der Waals surface area contributed by atoms with Gasteiger partial charge in [0.15, 0.2) is 0 Å². The first-order chi connectivity index (χ1) is 12.2. The summed E-state index contributed by atoms with van der Waals surface area (Å²) in [6.07, 6.45) is 6.89. The zero-order chi connectivity index (χ0) is 19.3. The summed E-state index contributed by atoms with van der Waals surface area (Å²) in [6.45, 7) is 2.14. The minimum absolute atomic E-state index is 0.253. The summed E-state index contributed by atoms with van der Waals surface area (Å²) in [6, 6.07) is 3.77. The average Bonchev–Trinajstić information content (AvgIpc) is 2.59. The summed E-state index contributed by atoms with van der Waals surface area (Å²) in [4.78, 5) is 12.6. The van der Waals surface area contributed by atoms with E-state index in [9.17, 15) is 13.2 Å². The number of rotatable bonds is 7. The van der Waals surface area contributed by atoms with Gasteiger partial charge in [-0.2, -0.15) is 0 Å². The van der Waals surface area contributed by atoms with Gasteiger partial charge in [-0.3, -0.25) is 9.10 Å². The number of sulfonamides is 1. The molecular formula is C18H27ClN2O4S. The second-order valence-electron chi connectivity index (χ2n) is 6.80. The zero-order valence-corrected chi connectivity index (χ0v) is 17.1. The van der Waals surface area contributed by atoms with Crippen molar-refractivity contribution < 1.29 is 17.9 Å². The SMILES string of the molecule is COc1ccc(Cl)cc1N([C@H](C)C(=O)NCC1CCCCC1)S(C)(=O)=O. The highest BCUT2D eigenvalue weighted by atomic mass is 35.5. The number of carbonyl (C=O) groups excluding carboxylic acids is 1. The van der Waals surface area contributed by atoms with Crippen LogP contribution in [0.2, 0.25) is 5.02 Å². The minimum atomic E-state index is -3.72. The first-order valence-electron chi connectivity index (χ1n) is 8.84. The summed E-state index contributed by atoms with van der Waals surface area (Å²) in [5.74, 6) is 0.474. The van der Waals surface area contributed by atoms with Crippen LogP contribution in [0.3, 0.4) is 0 Å². The molecule has 1 saturated carbocycles. The van der Waals surface area contributed by atoms with Crippen LogP contribution in [0.5, 0.6) is 5.75 Å². The second-order valence-corrected chi connectivity index (χ2v) is 9.10. The molecule has 1 aromatic carbocycles. The molecule has 0 bridgehead atoms. The highest BCUT2D eigenvalue weighted by Crippen LogP contribution is 2.34. The topological polar surface area (TPSA) is 75.7 Å². The number of benzene rings is 1. The molecule has 1 amide bonds. The molecule has 1 aliphatic rings. The Balaban J connectivity index is 2.21. The van der Waals surface area contributed by atoms with E-state index in [-0.39, 0.29) is 11.6 Å². The number of methoxy groups -OCH3 is 1. The third kappa shape index (κ3) is 5.27. The molecule has 26 heavy (non-hydrogen) atoms. The van der Waals surface area contributed by atoms with E-state index in [0.29, 0.717) is 23.2 Å². The van der Waals surface area contributed by atoms with Crippen molar-refractivity contribution in [2.75, 3.05) is 24.2 Å². The normalized spacial score (nSPS) is 16.8. The zero-order valence-electron chi connectivity index (χ0n) is 15.5. The fourth-order valence-electron chi connectivity index (χ4n) is 3.40. The van der Waals surface area contributed by atoms with Crippen LogP contribution in [0, 0.1) is 5.92 Å². The number of nitrogens with zero attached hydrogens (tertiary/aromatic N) is 1. The number of carbonyl (C=O) groups is 1. The first-order valence-corrected chi connectivity index (χ1v) is 11.1. The van der Waals surface area contributed by atoms with Gasteiger partial charge in [0.2, 0.25) is 15.9 Å². The van der Waals surface area contributed by atoms with Crippen molar-refractivity contribution in [1.29, 1.82) is 0 Å². The fraction of sp³-hybridized carbons (Fsp3) is 0.611. The van der Waals surface area contributed by atoms with E-state index in [1.54, 1.807) is 19.1 Å². The maximum atomic E-state index is 12.6. The molecule has 0 heterocycles. The van der Waals surface area contributed by atoms with Crippen molar-refractivity contribution in [3.8, 4) is 5.75 Å². The molecule has 0 aliphatic heterocycles. The van der Waals surface area contributed by atoms with E-state index >= 15 is 0 Å². The van der Waals surface area contributed by atoms with Crippen molar-refractivity contribution in [3.63, 3.8) is 0 Å². The molecule has 1 fully saturated rings. The molecule has 1 aliphatic carbocycles. The summed E-state index contributed by atoms with van der Waals surface area (Å²) < 4.78 is 31.1.